The fraction of sp³-hybridized carbons (Fsp3) is 0.444. The number of nitrogens with one attached hydrogen (secondary N) is 1. The molecule has 3 rings (SSSR count). The smallest absolute Gasteiger partial charge is 0.220 e. The van der Waals surface area contributed by atoms with Crippen molar-refractivity contribution in [1.82, 2.24) is 10.3 Å². The number of aromatic nitrogens is 1. The number of sulfonamides is 1. The van der Waals surface area contributed by atoms with E-state index in [1.807, 2.05) is 30.3 Å². The van der Waals surface area contributed by atoms with E-state index >= 15 is 0 Å². The number of nitrogens with two attached hydrogens (primary N) is 1. The molecule has 0 radical (unpaired) electrons. The van der Waals surface area contributed by atoms with Crippen LogP contribution >= 0.6 is 0 Å². The van der Waals surface area contributed by atoms with Crippen molar-refractivity contribution >= 4 is 26.8 Å². The molecule has 26 heavy (non-hydrogen) atoms. The highest BCUT2D eigenvalue weighted by Crippen LogP contribution is 2.24. The standard InChI is InChI=1S/C18H23N3O4S/c19-26(23,24)9-3-6-18(22)21-17-12-25-11-14(17)10-13-7-8-20-16-5-2-1-4-15(13)16/h1-2,4-5,7-8,14,17H,3,6,9-12H2,(H,21,22)(H2,19,23,24)/t14-,17-/m1/s1. The topological polar surface area (TPSA) is 111 Å². The third kappa shape index (κ3) is 5.00. The van der Waals surface area contributed by atoms with Crippen molar-refractivity contribution in [2.24, 2.45) is 11.1 Å². The third-order valence-corrected chi connectivity index (χ3v) is 5.46. The fourth-order valence-electron chi connectivity index (χ4n) is 3.29. The zero-order valence-electron chi connectivity index (χ0n) is 14.4. The summed E-state index contributed by atoms with van der Waals surface area (Å²) in [5, 5.41) is 9.03. The summed E-state index contributed by atoms with van der Waals surface area (Å²) in [5.74, 6) is -0.190. The minimum Gasteiger partial charge on any atom is -0.379 e. The van der Waals surface area contributed by atoms with Crippen LogP contribution in [0.3, 0.4) is 0 Å². The van der Waals surface area contributed by atoms with Crippen molar-refractivity contribution in [2.45, 2.75) is 25.3 Å². The number of para-hydroxylation sites is 1. The summed E-state index contributed by atoms with van der Waals surface area (Å²) in [7, 11) is -3.53. The van der Waals surface area contributed by atoms with Gasteiger partial charge in [0.25, 0.3) is 0 Å². The first-order valence-corrected chi connectivity index (χ1v) is 10.3. The van der Waals surface area contributed by atoms with E-state index in [1.165, 1.54) is 5.56 Å². The van der Waals surface area contributed by atoms with Crippen LogP contribution in [0, 0.1) is 5.92 Å². The third-order valence-electron chi connectivity index (χ3n) is 4.60. The summed E-state index contributed by atoms with van der Waals surface area (Å²) in [5.41, 5.74) is 2.13. The molecule has 140 valence electrons. The molecule has 1 aliphatic heterocycles. The molecule has 1 aliphatic rings. The van der Waals surface area contributed by atoms with Gasteiger partial charge in [0.2, 0.25) is 15.9 Å². The van der Waals surface area contributed by atoms with Crippen molar-refractivity contribution in [1.29, 1.82) is 0 Å². The zero-order valence-corrected chi connectivity index (χ0v) is 15.2. The Labute approximate surface area is 153 Å². The summed E-state index contributed by atoms with van der Waals surface area (Å²) >= 11 is 0. The second-order valence-corrected chi connectivity index (χ2v) is 8.37. The molecular weight excluding hydrogens is 354 g/mol. The van der Waals surface area contributed by atoms with Crippen molar-refractivity contribution in [3.05, 3.63) is 42.1 Å². The van der Waals surface area contributed by atoms with E-state index in [4.69, 9.17) is 9.88 Å². The van der Waals surface area contributed by atoms with Crippen LogP contribution in [0.1, 0.15) is 18.4 Å². The summed E-state index contributed by atoms with van der Waals surface area (Å²) in [6.45, 7) is 1.05. The van der Waals surface area contributed by atoms with E-state index in [0.29, 0.717) is 13.2 Å². The number of benzene rings is 1. The van der Waals surface area contributed by atoms with Crippen molar-refractivity contribution in [2.75, 3.05) is 19.0 Å². The Balaban J connectivity index is 1.60. The van der Waals surface area contributed by atoms with Gasteiger partial charge in [-0.05, 0) is 30.5 Å². The molecule has 1 saturated heterocycles. The van der Waals surface area contributed by atoms with Gasteiger partial charge < -0.3 is 10.1 Å². The molecule has 1 fully saturated rings. The van der Waals surface area contributed by atoms with Gasteiger partial charge in [-0.15, -0.1) is 0 Å². The highest BCUT2D eigenvalue weighted by molar-refractivity contribution is 7.89. The van der Waals surface area contributed by atoms with Gasteiger partial charge in [-0.1, -0.05) is 18.2 Å². The first-order chi connectivity index (χ1) is 12.4. The van der Waals surface area contributed by atoms with Crippen molar-refractivity contribution < 1.29 is 17.9 Å². The number of hydrogen-bond donors (Lipinski definition) is 2. The van der Waals surface area contributed by atoms with Crippen LogP contribution in [0.4, 0.5) is 0 Å². The van der Waals surface area contributed by atoms with Gasteiger partial charge in [0, 0.05) is 23.9 Å². The highest BCUT2D eigenvalue weighted by atomic mass is 32.2. The molecule has 0 saturated carbocycles. The summed E-state index contributed by atoms with van der Waals surface area (Å²) in [6.07, 6.45) is 2.94. The molecule has 0 aliphatic carbocycles. The Kier molecular flexibility index (Phi) is 5.85. The van der Waals surface area contributed by atoms with E-state index in [-0.39, 0.29) is 36.5 Å². The zero-order chi connectivity index (χ0) is 18.6. The van der Waals surface area contributed by atoms with Crippen LogP contribution in [0.25, 0.3) is 10.9 Å². The van der Waals surface area contributed by atoms with E-state index in [9.17, 15) is 13.2 Å². The second kappa shape index (κ2) is 8.11. The molecule has 2 heterocycles. The molecule has 0 spiro atoms. The van der Waals surface area contributed by atoms with Crippen LogP contribution in [0.5, 0.6) is 0 Å². The molecule has 0 unspecified atom stereocenters. The molecule has 1 amide bonds. The molecule has 0 bridgehead atoms. The predicted molar refractivity (Wildman–Crippen MR) is 98.9 cm³/mol. The van der Waals surface area contributed by atoms with Crippen molar-refractivity contribution in [3.63, 3.8) is 0 Å². The van der Waals surface area contributed by atoms with Crippen molar-refractivity contribution in [3.8, 4) is 0 Å². The Morgan fingerprint density at radius 3 is 2.88 bits per heavy atom. The molecule has 7 nitrogen and oxygen atoms in total. The molecule has 2 aromatic rings. The number of rotatable bonds is 7. The lowest BCUT2D eigenvalue weighted by atomic mass is 9.93. The minimum absolute atomic E-state index is 0.0797. The molecule has 2 atom stereocenters. The van der Waals surface area contributed by atoms with Gasteiger partial charge in [-0.3, -0.25) is 9.78 Å². The van der Waals surface area contributed by atoms with E-state index < -0.39 is 10.0 Å². The molecule has 1 aromatic heterocycles. The van der Waals surface area contributed by atoms with Crippen LogP contribution in [0.2, 0.25) is 0 Å². The minimum atomic E-state index is -3.53. The number of hydrogen-bond acceptors (Lipinski definition) is 5. The van der Waals surface area contributed by atoms with Crippen LogP contribution in [0.15, 0.2) is 36.5 Å². The number of primary sulfonamides is 1. The van der Waals surface area contributed by atoms with Gasteiger partial charge in [0.15, 0.2) is 0 Å². The van der Waals surface area contributed by atoms with Crippen LogP contribution in [-0.4, -0.2) is 44.3 Å². The number of carbonyl (C=O) groups is 1. The number of pyridine rings is 1. The van der Waals surface area contributed by atoms with E-state index in [1.54, 1.807) is 6.20 Å². The largest absolute Gasteiger partial charge is 0.379 e. The lowest BCUT2D eigenvalue weighted by molar-refractivity contribution is -0.122. The maximum Gasteiger partial charge on any atom is 0.220 e. The van der Waals surface area contributed by atoms with E-state index in [2.05, 4.69) is 10.3 Å². The summed E-state index contributed by atoms with van der Waals surface area (Å²) < 4.78 is 27.4. The Hall–Kier alpha value is -2.03. The van der Waals surface area contributed by atoms with Gasteiger partial charge in [-0.2, -0.15) is 0 Å². The van der Waals surface area contributed by atoms with Crippen LogP contribution < -0.4 is 10.5 Å². The number of amides is 1. The average Bonchev–Trinajstić information content (AvgIpc) is 3.01. The molecule has 3 N–H and O–H groups in total. The predicted octanol–water partition coefficient (Wildman–Crippen LogP) is 0.977. The average molecular weight is 377 g/mol. The first kappa shape index (κ1) is 18.8. The molecular formula is C18H23N3O4S. The monoisotopic (exact) mass is 377 g/mol. The Morgan fingerprint density at radius 1 is 1.27 bits per heavy atom. The summed E-state index contributed by atoms with van der Waals surface area (Å²) in [6, 6.07) is 9.91. The molecule has 1 aromatic carbocycles. The number of ether oxygens (including phenoxy) is 1. The normalized spacial score (nSPS) is 20.3. The highest BCUT2D eigenvalue weighted by Gasteiger charge is 2.30. The second-order valence-electron chi connectivity index (χ2n) is 6.63. The maximum atomic E-state index is 12.1. The van der Waals surface area contributed by atoms with Gasteiger partial charge >= 0.3 is 0 Å². The fourth-order valence-corrected chi connectivity index (χ4v) is 3.83. The Morgan fingerprint density at radius 2 is 2.08 bits per heavy atom. The lowest BCUT2D eigenvalue weighted by Gasteiger charge is -2.20. The molecule has 8 heteroatoms. The van der Waals surface area contributed by atoms with Gasteiger partial charge in [0.1, 0.15) is 0 Å². The van der Waals surface area contributed by atoms with Gasteiger partial charge in [-0.25, -0.2) is 13.6 Å². The lowest BCUT2D eigenvalue weighted by Crippen LogP contribution is -2.40. The quantitative estimate of drug-likeness (QED) is 0.747. The number of carbonyl (C=O) groups excluding carboxylic acids is 1. The summed E-state index contributed by atoms with van der Waals surface area (Å²) in [4.78, 5) is 16.5. The van der Waals surface area contributed by atoms with Crippen LogP contribution in [-0.2, 0) is 26.0 Å². The number of fused-ring (bicyclic) bond motifs is 1. The van der Waals surface area contributed by atoms with E-state index in [0.717, 1.165) is 17.3 Å². The van der Waals surface area contributed by atoms with Gasteiger partial charge in [0.05, 0.1) is 30.5 Å². The SMILES string of the molecule is NS(=O)(=O)CCCC(=O)N[C@@H]1COC[C@H]1Cc1ccnc2ccccc12. The maximum absolute atomic E-state index is 12.1. The Bertz CT molecular complexity index is 880. The first-order valence-electron chi connectivity index (χ1n) is 8.62. The number of nitrogens with zero attached hydrogens (tertiary/aromatic N) is 1.